The van der Waals surface area contributed by atoms with Crippen LogP contribution in [0, 0.1) is 11.8 Å². The molecule has 108 valence electrons. The monoisotopic (exact) mass is 273 g/mol. The van der Waals surface area contributed by atoms with Crippen molar-refractivity contribution >= 4 is 5.91 Å². The highest BCUT2D eigenvalue weighted by Crippen LogP contribution is 2.49. The lowest BCUT2D eigenvalue weighted by molar-refractivity contribution is -0.158. The van der Waals surface area contributed by atoms with Gasteiger partial charge in [0.2, 0.25) is 5.91 Å². The minimum Gasteiger partial charge on any atom is -0.378 e. The van der Waals surface area contributed by atoms with Crippen molar-refractivity contribution in [1.82, 2.24) is 4.90 Å². The molecule has 3 fully saturated rings. The molecule has 0 aromatic heterocycles. The number of likely N-dealkylation sites (tertiary alicyclic amines) is 1. The standard InChI is InChI=1S/C14H21F2NO2/c1-19-13(5-2-6-13)7-12(18)17-8-10-3-4-11(9-17)14(10,15)16/h10-11H,2-9H2,1H3. The van der Waals surface area contributed by atoms with Crippen LogP contribution in [0.2, 0.25) is 0 Å². The molecular weight excluding hydrogens is 252 g/mol. The zero-order valence-electron chi connectivity index (χ0n) is 11.3. The van der Waals surface area contributed by atoms with Crippen LogP contribution >= 0.6 is 0 Å². The topological polar surface area (TPSA) is 29.5 Å². The van der Waals surface area contributed by atoms with Crippen molar-refractivity contribution in [2.75, 3.05) is 20.2 Å². The van der Waals surface area contributed by atoms with Gasteiger partial charge in [0.25, 0.3) is 5.92 Å². The van der Waals surface area contributed by atoms with Crippen LogP contribution in [0.25, 0.3) is 0 Å². The molecule has 0 radical (unpaired) electrons. The number of methoxy groups -OCH3 is 1. The van der Waals surface area contributed by atoms with Gasteiger partial charge in [0.1, 0.15) is 0 Å². The van der Waals surface area contributed by atoms with Crippen molar-refractivity contribution in [2.45, 2.75) is 50.0 Å². The molecule has 1 aliphatic heterocycles. The molecule has 1 amide bonds. The Morgan fingerprint density at radius 3 is 2.26 bits per heavy atom. The number of fused-ring (bicyclic) bond motifs is 2. The Hall–Kier alpha value is -0.710. The van der Waals surface area contributed by atoms with Crippen molar-refractivity contribution in [3.8, 4) is 0 Å². The van der Waals surface area contributed by atoms with E-state index in [4.69, 9.17) is 4.74 Å². The van der Waals surface area contributed by atoms with Gasteiger partial charge in [-0.05, 0) is 32.1 Å². The second-order valence-electron chi connectivity index (χ2n) is 6.36. The van der Waals surface area contributed by atoms with Crippen LogP contribution in [-0.4, -0.2) is 42.5 Å². The molecule has 2 atom stereocenters. The number of hydrogen-bond acceptors (Lipinski definition) is 2. The molecule has 19 heavy (non-hydrogen) atoms. The van der Waals surface area contributed by atoms with E-state index in [0.717, 1.165) is 19.3 Å². The molecule has 2 bridgehead atoms. The summed E-state index contributed by atoms with van der Waals surface area (Å²) in [5.41, 5.74) is -0.309. The van der Waals surface area contributed by atoms with Gasteiger partial charge in [-0.3, -0.25) is 4.79 Å². The lowest BCUT2D eigenvalue weighted by Crippen LogP contribution is -2.53. The highest BCUT2D eigenvalue weighted by Gasteiger charge is 2.56. The number of carbonyl (C=O) groups is 1. The third kappa shape index (κ3) is 2.06. The van der Waals surface area contributed by atoms with Gasteiger partial charge in [-0.2, -0.15) is 0 Å². The number of nitrogens with zero attached hydrogens (tertiary/aromatic N) is 1. The fourth-order valence-electron chi connectivity index (χ4n) is 3.77. The van der Waals surface area contributed by atoms with Gasteiger partial charge >= 0.3 is 0 Å². The van der Waals surface area contributed by atoms with Gasteiger partial charge in [-0.15, -0.1) is 0 Å². The number of piperidine rings is 1. The maximum atomic E-state index is 13.8. The van der Waals surface area contributed by atoms with Crippen LogP contribution in [-0.2, 0) is 9.53 Å². The molecule has 0 aromatic carbocycles. The van der Waals surface area contributed by atoms with Crippen molar-refractivity contribution in [3.05, 3.63) is 0 Å². The highest BCUT2D eigenvalue weighted by molar-refractivity contribution is 5.77. The molecule has 2 saturated carbocycles. The van der Waals surface area contributed by atoms with Crippen LogP contribution in [0.1, 0.15) is 38.5 Å². The summed E-state index contributed by atoms with van der Waals surface area (Å²) in [6, 6.07) is 0. The number of rotatable bonds is 3. The van der Waals surface area contributed by atoms with Gasteiger partial charge in [-0.1, -0.05) is 0 Å². The number of halogens is 2. The summed E-state index contributed by atoms with van der Waals surface area (Å²) in [6.07, 6.45) is 4.37. The summed E-state index contributed by atoms with van der Waals surface area (Å²) >= 11 is 0. The van der Waals surface area contributed by atoms with Gasteiger partial charge in [0.05, 0.1) is 12.0 Å². The van der Waals surface area contributed by atoms with E-state index in [2.05, 4.69) is 0 Å². The Morgan fingerprint density at radius 2 is 1.84 bits per heavy atom. The third-order valence-corrected chi connectivity index (χ3v) is 5.36. The number of alkyl halides is 2. The van der Waals surface area contributed by atoms with E-state index in [1.54, 1.807) is 12.0 Å². The first kappa shape index (κ1) is 13.3. The first-order valence-corrected chi connectivity index (χ1v) is 7.18. The van der Waals surface area contributed by atoms with E-state index in [-0.39, 0.29) is 24.6 Å². The van der Waals surface area contributed by atoms with E-state index in [0.29, 0.717) is 19.3 Å². The molecule has 3 aliphatic rings. The summed E-state index contributed by atoms with van der Waals surface area (Å²) < 4.78 is 33.1. The van der Waals surface area contributed by atoms with E-state index < -0.39 is 17.8 Å². The number of hydrogen-bond donors (Lipinski definition) is 0. The molecule has 0 N–H and O–H groups in total. The quantitative estimate of drug-likeness (QED) is 0.790. The minimum atomic E-state index is -2.56. The summed E-state index contributed by atoms with van der Waals surface area (Å²) in [5, 5.41) is 0. The largest absolute Gasteiger partial charge is 0.378 e. The molecule has 1 heterocycles. The predicted octanol–water partition coefficient (Wildman–Crippen LogP) is 2.45. The van der Waals surface area contributed by atoms with E-state index in [1.165, 1.54) is 0 Å². The second-order valence-corrected chi connectivity index (χ2v) is 6.36. The Balaban J connectivity index is 1.63. The van der Waals surface area contributed by atoms with Crippen LogP contribution in [0.4, 0.5) is 8.78 Å². The van der Waals surface area contributed by atoms with Gasteiger partial charge in [0.15, 0.2) is 0 Å². The zero-order valence-corrected chi connectivity index (χ0v) is 11.3. The van der Waals surface area contributed by atoms with Crippen LogP contribution in [0.5, 0.6) is 0 Å². The van der Waals surface area contributed by atoms with Crippen molar-refractivity contribution in [3.63, 3.8) is 0 Å². The smallest absolute Gasteiger partial charge is 0.257 e. The van der Waals surface area contributed by atoms with E-state index in [1.807, 2.05) is 0 Å². The second kappa shape index (κ2) is 4.40. The van der Waals surface area contributed by atoms with Crippen LogP contribution in [0.15, 0.2) is 0 Å². The highest BCUT2D eigenvalue weighted by atomic mass is 19.3. The van der Waals surface area contributed by atoms with Crippen molar-refractivity contribution in [1.29, 1.82) is 0 Å². The molecule has 3 nitrogen and oxygen atoms in total. The van der Waals surface area contributed by atoms with Crippen LogP contribution in [0.3, 0.4) is 0 Å². The third-order valence-electron chi connectivity index (χ3n) is 5.36. The normalized spacial score (nSPS) is 35.0. The summed E-state index contributed by atoms with van der Waals surface area (Å²) in [6.45, 7) is 0.449. The molecular formula is C14H21F2NO2. The number of amides is 1. The molecule has 2 aliphatic carbocycles. The summed E-state index contributed by atoms with van der Waals surface area (Å²) in [4.78, 5) is 13.9. The first-order valence-electron chi connectivity index (χ1n) is 7.18. The van der Waals surface area contributed by atoms with Gasteiger partial charge in [0, 0.05) is 32.0 Å². The summed E-state index contributed by atoms with van der Waals surface area (Å²) in [7, 11) is 1.64. The number of carbonyl (C=O) groups excluding carboxylic acids is 1. The first-order chi connectivity index (χ1) is 8.97. The molecule has 0 spiro atoms. The average Bonchev–Trinajstić information content (AvgIpc) is 2.55. The zero-order chi connectivity index (χ0) is 13.7. The maximum absolute atomic E-state index is 13.8. The van der Waals surface area contributed by atoms with Gasteiger partial charge < -0.3 is 9.64 Å². The van der Waals surface area contributed by atoms with Gasteiger partial charge in [-0.25, -0.2) is 8.78 Å². The summed E-state index contributed by atoms with van der Waals surface area (Å²) in [5.74, 6) is -3.83. The van der Waals surface area contributed by atoms with Crippen molar-refractivity contribution in [2.24, 2.45) is 11.8 Å². The van der Waals surface area contributed by atoms with Crippen LogP contribution < -0.4 is 0 Å². The molecule has 2 unspecified atom stereocenters. The molecule has 5 heteroatoms. The minimum absolute atomic E-state index is 0.00560. The maximum Gasteiger partial charge on any atom is 0.257 e. The molecule has 3 rings (SSSR count). The average molecular weight is 273 g/mol. The Morgan fingerprint density at radius 1 is 1.26 bits per heavy atom. The van der Waals surface area contributed by atoms with E-state index >= 15 is 0 Å². The predicted molar refractivity (Wildman–Crippen MR) is 65.9 cm³/mol. The SMILES string of the molecule is COC1(CC(=O)N2CC3CCC(C2)C3(F)F)CCC1. The lowest BCUT2D eigenvalue weighted by Gasteiger charge is -2.43. The van der Waals surface area contributed by atoms with E-state index in [9.17, 15) is 13.6 Å². The lowest BCUT2D eigenvalue weighted by atomic mass is 9.77. The Bertz CT molecular complexity index is 360. The fraction of sp³-hybridized carbons (Fsp3) is 0.929. The Labute approximate surface area is 112 Å². The molecule has 1 saturated heterocycles. The Kier molecular flexibility index (Phi) is 3.08. The molecule has 0 aromatic rings. The fourth-order valence-corrected chi connectivity index (χ4v) is 3.77. The number of ether oxygens (including phenoxy) is 1. The van der Waals surface area contributed by atoms with Crippen molar-refractivity contribution < 1.29 is 18.3 Å².